The molecule has 2 amide bonds. The highest BCUT2D eigenvalue weighted by Gasteiger charge is 2.37. The van der Waals surface area contributed by atoms with Crippen LogP contribution in [0.3, 0.4) is 0 Å². The third-order valence-corrected chi connectivity index (χ3v) is 6.38. The molecular formula is C22H22BrClN2O4. The van der Waals surface area contributed by atoms with E-state index in [-0.39, 0.29) is 18.9 Å². The van der Waals surface area contributed by atoms with E-state index in [1.165, 1.54) is 0 Å². The van der Waals surface area contributed by atoms with Crippen molar-refractivity contribution < 1.29 is 19.1 Å². The predicted octanol–water partition coefficient (Wildman–Crippen LogP) is 4.56. The molecule has 158 valence electrons. The van der Waals surface area contributed by atoms with Gasteiger partial charge in [-0.3, -0.25) is 14.4 Å². The molecule has 8 heteroatoms. The average Bonchev–Trinajstić information content (AvgIpc) is 3.08. The molecule has 0 radical (unpaired) electrons. The molecule has 1 heterocycles. The Morgan fingerprint density at radius 3 is 2.70 bits per heavy atom. The van der Waals surface area contributed by atoms with Crippen LogP contribution >= 0.6 is 27.5 Å². The van der Waals surface area contributed by atoms with Gasteiger partial charge in [0.1, 0.15) is 0 Å². The second kappa shape index (κ2) is 9.18. The fourth-order valence-corrected chi connectivity index (χ4v) is 3.97. The largest absolute Gasteiger partial charge is 0.455 e. The van der Waals surface area contributed by atoms with Crippen LogP contribution in [0.5, 0.6) is 0 Å². The van der Waals surface area contributed by atoms with Crippen LogP contribution in [-0.2, 0) is 19.1 Å². The van der Waals surface area contributed by atoms with Crippen molar-refractivity contribution in [3.63, 3.8) is 0 Å². The highest BCUT2D eigenvalue weighted by molar-refractivity contribution is 9.10. The zero-order valence-electron chi connectivity index (χ0n) is 16.9. The van der Waals surface area contributed by atoms with Gasteiger partial charge >= 0.3 is 5.97 Å². The van der Waals surface area contributed by atoms with Crippen LogP contribution in [0.25, 0.3) is 0 Å². The number of hydrogen-bond donors (Lipinski definition) is 1. The zero-order valence-corrected chi connectivity index (χ0v) is 19.3. The van der Waals surface area contributed by atoms with Crippen molar-refractivity contribution in [1.82, 2.24) is 0 Å². The molecular weight excluding hydrogens is 472 g/mol. The van der Waals surface area contributed by atoms with Crippen molar-refractivity contribution in [3.8, 4) is 0 Å². The van der Waals surface area contributed by atoms with E-state index in [2.05, 4.69) is 21.2 Å². The maximum Gasteiger partial charge on any atom is 0.311 e. The minimum atomic E-state index is -0.625. The second-order valence-corrected chi connectivity index (χ2v) is 8.62. The number of anilines is 2. The van der Waals surface area contributed by atoms with Crippen molar-refractivity contribution in [2.45, 2.75) is 27.2 Å². The lowest BCUT2D eigenvalue weighted by Crippen LogP contribution is -2.28. The molecule has 1 aliphatic heterocycles. The van der Waals surface area contributed by atoms with Crippen molar-refractivity contribution in [2.24, 2.45) is 5.92 Å². The van der Waals surface area contributed by atoms with E-state index in [9.17, 15) is 14.4 Å². The molecule has 0 aromatic heterocycles. The SMILES string of the molecule is Cc1cc(NC(=O)COC(=O)[C@@H]2CC(=O)N(c3cccc(Cl)c3C)C2)c(C)cc1Br. The number of amides is 2. The lowest BCUT2D eigenvalue weighted by atomic mass is 10.1. The Morgan fingerprint density at radius 1 is 1.23 bits per heavy atom. The quantitative estimate of drug-likeness (QED) is 0.620. The monoisotopic (exact) mass is 492 g/mol. The van der Waals surface area contributed by atoms with Crippen molar-refractivity contribution in [2.75, 3.05) is 23.4 Å². The summed E-state index contributed by atoms with van der Waals surface area (Å²) in [7, 11) is 0. The van der Waals surface area contributed by atoms with Gasteiger partial charge in [-0.1, -0.05) is 33.6 Å². The topological polar surface area (TPSA) is 75.7 Å². The molecule has 0 spiro atoms. The van der Waals surface area contributed by atoms with Crippen LogP contribution in [0.1, 0.15) is 23.1 Å². The molecule has 0 bridgehead atoms. The number of nitrogens with zero attached hydrogens (tertiary/aromatic N) is 1. The van der Waals surface area contributed by atoms with Crippen molar-refractivity contribution in [3.05, 3.63) is 56.5 Å². The fourth-order valence-electron chi connectivity index (χ4n) is 3.34. The Kier molecular flexibility index (Phi) is 6.83. The molecule has 1 aliphatic rings. The Hall–Kier alpha value is -2.38. The number of nitrogens with one attached hydrogen (secondary N) is 1. The highest BCUT2D eigenvalue weighted by Crippen LogP contribution is 2.32. The van der Waals surface area contributed by atoms with Crippen molar-refractivity contribution >= 4 is 56.7 Å². The van der Waals surface area contributed by atoms with E-state index >= 15 is 0 Å². The van der Waals surface area contributed by atoms with Crippen LogP contribution in [0, 0.1) is 26.7 Å². The third-order valence-electron chi connectivity index (χ3n) is 5.11. The van der Waals surface area contributed by atoms with E-state index in [0.717, 1.165) is 21.2 Å². The van der Waals surface area contributed by atoms with Crippen LogP contribution in [0.15, 0.2) is 34.8 Å². The highest BCUT2D eigenvalue weighted by atomic mass is 79.9. The maximum atomic E-state index is 12.4. The first-order valence-corrected chi connectivity index (χ1v) is 10.6. The number of aryl methyl sites for hydroxylation is 2. The van der Waals surface area contributed by atoms with Gasteiger partial charge in [0.2, 0.25) is 5.91 Å². The van der Waals surface area contributed by atoms with Crippen LogP contribution in [-0.4, -0.2) is 30.9 Å². The Bertz CT molecular complexity index is 1020. The molecule has 2 aromatic rings. The Morgan fingerprint density at radius 2 is 1.97 bits per heavy atom. The van der Waals surface area contributed by atoms with E-state index in [1.807, 2.05) is 32.9 Å². The molecule has 0 saturated carbocycles. The summed E-state index contributed by atoms with van der Waals surface area (Å²) in [6.45, 7) is 5.42. The Balaban J connectivity index is 1.58. The van der Waals surface area contributed by atoms with Gasteiger partial charge in [0, 0.05) is 33.8 Å². The van der Waals surface area contributed by atoms with Gasteiger partial charge in [0.25, 0.3) is 5.91 Å². The lowest BCUT2D eigenvalue weighted by Gasteiger charge is -2.19. The molecule has 0 aliphatic carbocycles. The van der Waals surface area contributed by atoms with Gasteiger partial charge in [0.05, 0.1) is 5.92 Å². The molecule has 3 rings (SSSR count). The number of rotatable bonds is 5. The van der Waals surface area contributed by atoms with Crippen LogP contribution in [0.2, 0.25) is 5.02 Å². The Labute approximate surface area is 188 Å². The summed E-state index contributed by atoms with van der Waals surface area (Å²) in [4.78, 5) is 38.6. The first kappa shape index (κ1) is 22.3. The fraction of sp³-hybridized carbons (Fsp3) is 0.318. The molecule has 1 fully saturated rings. The van der Waals surface area contributed by atoms with E-state index < -0.39 is 24.4 Å². The predicted molar refractivity (Wildman–Crippen MR) is 120 cm³/mol. The van der Waals surface area contributed by atoms with Gasteiger partial charge in [-0.05, 0) is 61.7 Å². The van der Waals surface area contributed by atoms with E-state index in [1.54, 1.807) is 23.1 Å². The average molecular weight is 494 g/mol. The minimum absolute atomic E-state index is 0.0391. The van der Waals surface area contributed by atoms with Gasteiger partial charge in [0.15, 0.2) is 6.61 Å². The molecule has 1 N–H and O–H groups in total. The van der Waals surface area contributed by atoms with Crippen LogP contribution in [0.4, 0.5) is 11.4 Å². The number of ether oxygens (including phenoxy) is 1. The summed E-state index contributed by atoms with van der Waals surface area (Å²) >= 11 is 9.59. The summed E-state index contributed by atoms with van der Waals surface area (Å²) < 4.78 is 6.13. The molecule has 1 atom stereocenters. The zero-order chi connectivity index (χ0) is 22.0. The van der Waals surface area contributed by atoms with E-state index in [4.69, 9.17) is 16.3 Å². The minimum Gasteiger partial charge on any atom is -0.455 e. The van der Waals surface area contributed by atoms with Crippen LogP contribution < -0.4 is 10.2 Å². The summed E-state index contributed by atoms with van der Waals surface area (Å²) in [5.74, 6) is -1.79. The number of hydrogen-bond acceptors (Lipinski definition) is 4. The molecule has 6 nitrogen and oxygen atoms in total. The summed E-state index contributed by atoms with van der Waals surface area (Å²) in [5, 5.41) is 3.31. The van der Waals surface area contributed by atoms with Gasteiger partial charge < -0.3 is 15.0 Å². The van der Waals surface area contributed by atoms with E-state index in [0.29, 0.717) is 16.4 Å². The molecule has 0 unspecified atom stereocenters. The number of carbonyl (C=O) groups is 3. The number of carbonyl (C=O) groups excluding carboxylic acids is 3. The standard InChI is InChI=1S/C22H22BrClN2O4/c1-12-8-18(13(2)7-16(12)23)25-20(27)11-30-22(29)15-9-21(28)26(10-15)19-6-4-5-17(24)14(19)3/h4-8,15H,9-11H2,1-3H3,(H,25,27)/t15-/m1/s1. The normalized spacial score (nSPS) is 16.0. The third kappa shape index (κ3) is 4.84. The molecule has 30 heavy (non-hydrogen) atoms. The van der Waals surface area contributed by atoms with Crippen molar-refractivity contribution in [1.29, 1.82) is 0 Å². The van der Waals surface area contributed by atoms with Gasteiger partial charge in [-0.2, -0.15) is 0 Å². The summed E-state index contributed by atoms with van der Waals surface area (Å²) in [6, 6.07) is 9.07. The molecule has 2 aromatic carbocycles. The summed E-state index contributed by atoms with van der Waals surface area (Å²) in [5.41, 5.74) is 3.99. The first-order valence-electron chi connectivity index (χ1n) is 9.46. The maximum absolute atomic E-state index is 12.4. The number of halogens is 2. The first-order chi connectivity index (χ1) is 14.2. The van der Waals surface area contributed by atoms with Gasteiger partial charge in [-0.25, -0.2) is 0 Å². The van der Waals surface area contributed by atoms with Gasteiger partial charge in [-0.15, -0.1) is 0 Å². The second-order valence-electron chi connectivity index (χ2n) is 7.36. The number of esters is 1. The lowest BCUT2D eigenvalue weighted by molar-refractivity contribution is -0.151. The smallest absolute Gasteiger partial charge is 0.311 e. The summed E-state index contributed by atoms with van der Waals surface area (Å²) in [6.07, 6.45) is 0.0391. The molecule has 1 saturated heterocycles. The number of benzene rings is 2.